The third-order valence-corrected chi connectivity index (χ3v) is 8.03. The van der Waals surface area contributed by atoms with Gasteiger partial charge in [-0.05, 0) is 28.6 Å². The van der Waals surface area contributed by atoms with Crippen LogP contribution in [0.3, 0.4) is 0 Å². The van der Waals surface area contributed by atoms with Crippen molar-refractivity contribution in [3.8, 4) is 6.07 Å². The number of nitrogens with one attached hydrogen (secondary N) is 1. The molecule has 1 aliphatic rings. The van der Waals surface area contributed by atoms with Gasteiger partial charge in [-0.2, -0.15) is 18.4 Å². The molecule has 0 amide bonds. The summed E-state index contributed by atoms with van der Waals surface area (Å²) in [5, 5.41) is 24.9. The van der Waals surface area contributed by atoms with Crippen LogP contribution in [0.2, 0.25) is 5.02 Å². The van der Waals surface area contributed by atoms with Crippen LogP contribution in [0.25, 0.3) is 0 Å². The molecule has 4 rings (SSSR count). The third kappa shape index (κ3) is 4.84. The second-order valence-corrected chi connectivity index (χ2v) is 10.2. The number of halogens is 4. The highest BCUT2D eigenvalue weighted by Gasteiger charge is 2.66. The zero-order chi connectivity index (χ0) is 25.2. The van der Waals surface area contributed by atoms with Gasteiger partial charge in [0.25, 0.3) is 0 Å². The van der Waals surface area contributed by atoms with E-state index in [0.29, 0.717) is 0 Å². The van der Waals surface area contributed by atoms with Crippen LogP contribution in [0.5, 0.6) is 0 Å². The minimum absolute atomic E-state index is 0.0363. The van der Waals surface area contributed by atoms with E-state index in [2.05, 4.69) is 5.32 Å². The molecule has 0 bridgehead atoms. The van der Waals surface area contributed by atoms with E-state index in [4.69, 9.17) is 11.6 Å². The fraction of sp³-hybridized carbons (Fsp3) is 0.200. The minimum atomic E-state index is -5.25. The Morgan fingerprint density at radius 1 is 1.14 bits per heavy atom. The molecule has 1 aliphatic heterocycles. The molecule has 2 aromatic carbocycles. The zero-order valence-corrected chi connectivity index (χ0v) is 20.3. The monoisotopic (exact) mass is 534 g/mol. The zero-order valence-electron chi connectivity index (χ0n) is 17.9. The quantitative estimate of drug-likeness (QED) is 0.353. The number of carbonyl (C=O) groups is 1. The molecule has 3 aromatic rings. The Kier molecular flexibility index (Phi) is 7.29. The van der Waals surface area contributed by atoms with Crippen molar-refractivity contribution >= 4 is 40.5 Å². The number of thiophene rings is 1. The first kappa shape index (κ1) is 25.3. The fourth-order valence-corrected chi connectivity index (χ4v) is 6.07. The average molecular weight is 535 g/mol. The highest BCUT2D eigenvalue weighted by atomic mass is 35.5. The molecule has 4 nitrogen and oxygen atoms in total. The molecule has 0 spiro atoms. The van der Waals surface area contributed by atoms with Gasteiger partial charge in [-0.25, -0.2) is 0 Å². The number of Topliss-reactive ketones (excluding diaryl/α,β-unsaturated/α-hetero) is 1. The fourth-order valence-electron chi connectivity index (χ4n) is 4.05. The van der Waals surface area contributed by atoms with Crippen LogP contribution in [0.1, 0.15) is 26.7 Å². The number of carbonyl (C=O) groups excluding carboxylic acids is 1. The lowest BCUT2D eigenvalue weighted by Gasteiger charge is -2.45. The minimum Gasteiger partial charge on any atom is -0.363 e. The van der Waals surface area contributed by atoms with Crippen LogP contribution in [0.4, 0.5) is 13.2 Å². The van der Waals surface area contributed by atoms with Gasteiger partial charge in [0.05, 0.1) is 27.5 Å². The largest absolute Gasteiger partial charge is 0.437 e. The van der Waals surface area contributed by atoms with E-state index >= 15 is 0 Å². The standard InChI is InChI=1S/C25H18ClF3N2O2S2/c26-18-10-5-4-9-16(18)20-17(13-30)23(35-14-15-7-2-1-3-8-15)31-24(33,25(27,28)29)21(20)22(32)19-11-6-12-34-19/h1-12,20-21,31,33H,14H2/t20-,21-,24+/m1/s1. The van der Waals surface area contributed by atoms with Gasteiger partial charge in [0, 0.05) is 16.7 Å². The Morgan fingerprint density at radius 3 is 2.43 bits per heavy atom. The Labute approximate surface area is 213 Å². The van der Waals surface area contributed by atoms with Gasteiger partial charge < -0.3 is 10.4 Å². The number of benzene rings is 2. The number of hydrogen-bond donors (Lipinski definition) is 2. The molecule has 2 heterocycles. The van der Waals surface area contributed by atoms with Crippen LogP contribution in [-0.2, 0) is 5.75 Å². The lowest BCUT2D eigenvalue weighted by Crippen LogP contribution is -2.66. The van der Waals surface area contributed by atoms with Crippen molar-refractivity contribution < 1.29 is 23.1 Å². The summed E-state index contributed by atoms with van der Waals surface area (Å²) >= 11 is 8.29. The van der Waals surface area contributed by atoms with E-state index in [0.717, 1.165) is 28.7 Å². The summed E-state index contributed by atoms with van der Waals surface area (Å²) < 4.78 is 43.6. The summed E-state index contributed by atoms with van der Waals surface area (Å²) in [6.45, 7) is 0. The molecule has 0 saturated heterocycles. The Morgan fingerprint density at radius 2 is 1.83 bits per heavy atom. The molecule has 0 saturated carbocycles. The molecule has 0 aliphatic carbocycles. The summed E-state index contributed by atoms with van der Waals surface area (Å²) in [6.07, 6.45) is -5.25. The average Bonchev–Trinajstić information content (AvgIpc) is 3.37. The van der Waals surface area contributed by atoms with Crippen molar-refractivity contribution in [2.24, 2.45) is 5.92 Å². The van der Waals surface area contributed by atoms with Crippen molar-refractivity contribution in [3.63, 3.8) is 0 Å². The molecule has 3 atom stereocenters. The van der Waals surface area contributed by atoms with Crippen molar-refractivity contribution in [2.75, 3.05) is 0 Å². The van der Waals surface area contributed by atoms with Crippen LogP contribution >= 0.6 is 34.7 Å². The first-order valence-electron chi connectivity index (χ1n) is 10.4. The number of aliphatic hydroxyl groups is 1. The molecule has 2 N–H and O–H groups in total. The predicted octanol–water partition coefficient (Wildman–Crippen LogP) is 6.51. The number of nitriles is 1. The summed E-state index contributed by atoms with van der Waals surface area (Å²) in [5.74, 6) is -4.22. The molecule has 180 valence electrons. The number of nitrogens with zero attached hydrogens (tertiary/aromatic N) is 1. The van der Waals surface area contributed by atoms with Crippen LogP contribution in [0, 0.1) is 17.2 Å². The first-order chi connectivity index (χ1) is 16.7. The lowest BCUT2D eigenvalue weighted by molar-refractivity contribution is -0.285. The predicted molar refractivity (Wildman–Crippen MR) is 131 cm³/mol. The van der Waals surface area contributed by atoms with E-state index in [1.165, 1.54) is 24.3 Å². The summed E-state index contributed by atoms with van der Waals surface area (Å²) in [4.78, 5) is 13.5. The maximum absolute atomic E-state index is 14.5. The smallest absolute Gasteiger partial charge is 0.363 e. The van der Waals surface area contributed by atoms with Crippen molar-refractivity contribution in [3.05, 3.63) is 104 Å². The van der Waals surface area contributed by atoms with Crippen LogP contribution in [0.15, 0.2) is 82.7 Å². The molecular formula is C25H18ClF3N2O2S2. The molecule has 1 aromatic heterocycles. The highest BCUT2D eigenvalue weighted by molar-refractivity contribution is 8.02. The molecular weight excluding hydrogens is 517 g/mol. The van der Waals surface area contributed by atoms with Crippen LogP contribution in [-0.4, -0.2) is 22.8 Å². The number of thioether (sulfide) groups is 1. The number of ketones is 1. The van der Waals surface area contributed by atoms with Gasteiger partial charge in [0.2, 0.25) is 5.72 Å². The number of hydrogen-bond acceptors (Lipinski definition) is 6. The first-order valence-corrected chi connectivity index (χ1v) is 12.6. The number of allylic oxidation sites excluding steroid dienone is 1. The molecule has 0 fully saturated rings. The second-order valence-electron chi connectivity index (χ2n) is 7.84. The summed E-state index contributed by atoms with van der Waals surface area (Å²) in [7, 11) is 0. The number of rotatable bonds is 6. The summed E-state index contributed by atoms with van der Waals surface area (Å²) in [5.41, 5.74) is -2.77. The Bertz CT molecular complexity index is 1290. The van der Waals surface area contributed by atoms with Crippen molar-refractivity contribution in [1.29, 1.82) is 5.26 Å². The van der Waals surface area contributed by atoms with E-state index in [1.807, 2.05) is 12.1 Å². The molecule has 0 unspecified atom stereocenters. The van der Waals surface area contributed by atoms with E-state index < -0.39 is 29.5 Å². The maximum Gasteiger partial charge on any atom is 0.437 e. The molecule has 10 heteroatoms. The van der Waals surface area contributed by atoms with Crippen molar-refractivity contribution in [1.82, 2.24) is 5.32 Å². The van der Waals surface area contributed by atoms with Gasteiger partial charge in [0.1, 0.15) is 0 Å². The highest BCUT2D eigenvalue weighted by Crippen LogP contribution is 2.52. The van der Waals surface area contributed by atoms with Crippen LogP contribution < -0.4 is 5.32 Å². The summed E-state index contributed by atoms with van der Waals surface area (Å²) in [6, 6.07) is 20.0. The van der Waals surface area contributed by atoms with Gasteiger partial charge >= 0.3 is 6.18 Å². The molecule has 35 heavy (non-hydrogen) atoms. The van der Waals surface area contributed by atoms with Gasteiger partial charge in [-0.1, -0.05) is 66.2 Å². The topological polar surface area (TPSA) is 73.1 Å². The van der Waals surface area contributed by atoms with Gasteiger partial charge in [0.15, 0.2) is 5.78 Å². The Balaban J connectivity index is 1.92. The second kappa shape index (κ2) is 10.1. The van der Waals surface area contributed by atoms with Gasteiger partial charge in [-0.15, -0.1) is 23.1 Å². The normalized spacial score (nSPS) is 22.4. The Hall–Kier alpha value is -2.77. The third-order valence-electron chi connectivity index (χ3n) is 5.71. The van der Waals surface area contributed by atoms with Crippen molar-refractivity contribution in [2.45, 2.75) is 23.6 Å². The maximum atomic E-state index is 14.5. The van der Waals surface area contributed by atoms with E-state index in [9.17, 15) is 28.3 Å². The molecule has 0 radical (unpaired) electrons. The van der Waals surface area contributed by atoms with E-state index in [-0.39, 0.29) is 31.8 Å². The number of alkyl halides is 3. The van der Waals surface area contributed by atoms with E-state index in [1.54, 1.807) is 41.8 Å². The van der Waals surface area contributed by atoms with Gasteiger partial charge in [-0.3, -0.25) is 4.79 Å². The lowest BCUT2D eigenvalue weighted by atomic mass is 9.70. The SMILES string of the molecule is N#CC1=C(SCc2ccccc2)N[C@@](O)(C(F)(F)F)[C@@H](C(=O)c2cccs2)[C@@H]1c1ccccc1Cl.